The van der Waals surface area contributed by atoms with Crippen LogP contribution < -0.4 is 10.9 Å². The maximum atomic E-state index is 13.4. The van der Waals surface area contributed by atoms with Crippen molar-refractivity contribution >= 4 is 16.8 Å². The third-order valence-electron chi connectivity index (χ3n) is 6.30. The van der Waals surface area contributed by atoms with Gasteiger partial charge in [-0.3, -0.25) is 15.6 Å². The van der Waals surface area contributed by atoms with Crippen molar-refractivity contribution in [2.24, 2.45) is 7.05 Å². The van der Waals surface area contributed by atoms with Crippen molar-refractivity contribution in [3.05, 3.63) is 71.7 Å². The first-order chi connectivity index (χ1) is 15.0. The normalized spacial score (nSPS) is 18.5. The summed E-state index contributed by atoms with van der Waals surface area (Å²) in [6, 6.07) is 17.4. The second kappa shape index (κ2) is 9.62. The number of nitrogens with one attached hydrogen (secondary N) is 2. The van der Waals surface area contributed by atoms with E-state index in [9.17, 15) is 9.18 Å². The molecule has 1 aromatic heterocycles. The Balaban J connectivity index is 1.19. The highest BCUT2D eigenvalue weighted by Gasteiger charge is 2.24. The SMILES string of the molecule is CN(CCCCCC1CC(c2cccc(F)c2)NN1)C(=O)c1cc2ccccc2n1C. The van der Waals surface area contributed by atoms with Crippen LogP contribution in [0, 0.1) is 5.82 Å². The largest absolute Gasteiger partial charge is 0.340 e. The molecule has 2 aromatic carbocycles. The fourth-order valence-corrected chi connectivity index (χ4v) is 4.46. The molecular weight excluding hydrogens is 391 g/mol. The van der Waals surface area contributed by atoms with Crippen LogP contribution in [0.5, 0.6) is 0 Å². The van der Waals surface area contributed by atoms with Gasteiger partial charge in [0, 0.05) is 43.6 Å². The van der Waals surface area contributed by atoms with Gasteiger partial charge < -0.3 is 9.47 Å². The summed E-state index contributed by atoms with van der Waals surface area (Å²) in [5.74, 6) is -0.122. The van der Waals surface area contributed by atoms with Gasteiger partial charge in [0.1, 0.15) is 11.5 Å². The molecule has 2 atom stereocenters. The molecule has 4 rings (SSSR count). The lowest BCUT2D eigenvalue weighted by atomic mass is 9.99. The first kappa shape index (κ1) is 21.5. The van der Waals surface area contributed by atoms with Crippen LogP contribution in [0.4, 0.5) is 4.39 Å². The monoisotopic (exact) mass is 422 g/mol. The molecule has 1 aliphatic heterocycles. The van der Waals surface area contributed by atoms with Crippen LogP contribution in [0.15, 0.2) is 54.6 Å². The van der Waals surface area contributed by atoms with E-state index in [2.05, 4.69) is 10.9 Å². The molecule has 0 saturated carbocycles. The van der Waals surface area contributed by atoms with Crippen LogP contribution in [0.3, 0.4) is 0 Å². The van der Waals surface area contributed by atoms with Gasteiger partial charge in [0.2, 0.25) is 0 Å². The number of nitrogens with zero attached hydrogens (tertiary/aromatic N) is 2. The van der Waals surface area contributed by atoms with E-state index >= 15 is 0 Å². The Kier molecular flexibility index (Phi) is 6.68. The average Bonchev–Trinajstić information content (AvgIpc) is 3.38. The minimum absolute atomic E-state index is 0.0679. The van der Waals surface area contributed by atoms with E-state index in [4.69, 9.17) is 0 Å². The predicted octanol–water partition coefficient (Wildman–Crippen LogP) is 4.56. The lowest BCUT2D eigenvalue weighted by Gasteiger charge is -2.18. The van der Waals surface area contributed by atoms with Crippen molar-refractivity contribution in [2.45, 2.75) is 44.2 Å². The molecular formula is C25H31FN4O. The van der Waals surface area contributed by atoms with E-state index in [0.29, 0.717) is 6.04 Å². The fraction of sp³-hybridized carbons (Fsp3) is 0.400. The molecule has 1 aliphatic rings. The zero-order valence-corrected chi connectivity index (χ0v) is 18.3. The van der Waals surface area contributed by atoms with Crippen molar-refractivity contribution in [3.63, 3.8) is 0 Å². The number of aromatic nitrogens is 1. The number of halogens is 1. The summed E-state index contributed by atoms with van der Waals surface area (Å²) in [6.45, 7) is 0.753. The van der Waals surface area contributed by atoms with E-state index < -0.39 is 0 Å². The molecule has 0 radical (unpaired) electrons. The summed E-state index contributed by atoms with van der Waals surface area (Å²) >= 11 is 0. The number of carbonyl (C=O) groups is 1. The number of fused-ring (bicyclic) bond motifs is 1. The molecule has 6 heteroatoms. The van der Waals surface area contributed by atoms with Gasteiger partial charge in [-0.15, -0.1) is 0 Å². The number of carbonyl (C=O) groups excluding carboxylic acids is 1. The molecule has 3 aromatic rings. The lowest BCUT2D eigenvalue weighted by molar-refractivity contribution is 0.0783. The molecule has 2 unspecified atom stereocenters. The van der Waals surface area contributed by atoms with Gasteiger partial charge in [-0.05, 0) is 49.1 Å². The average molecular weight is 423 g/mol. The van der Waals surface area contributed by atoms with Gasteiger partial charge in [-0.25, -0.2) is 4.39 Å². The summed E-state index contributed by atoms with van der Waals surface area (Å²) in [4.78, 5) is 14.7. The zero-order valence-electron chi connectivity index (χ0n) is 18.3. The Bertz CT molecular complexity index is 1050. The van der Waals surface area contributed by atoms with Crippen LogP contribution >= 0.6 is 0 Å². The molecule has 2 heterocycles. The molecule has 0 spiro atoms. The molecule has 31 heavy (non-hydrogen) atoms. The lowest BCUT2D eigenvalue weighted by Crippen LogP contribution is -2.31. The van der Waals surface area contributed by atoms with Crippen LogP contribution in [-0.2, 0) is 7.05 Å². The first-order valence-corrected chi connectivity index (χ1v) is 11.1. The van der Waals surface area contributed by atoms with E-state index in [1.54, 1.807) is 12.1 Å². The number of hydrazine groups is 1. The Labute approximate surface area is 183 Å². The highest BCUT2D eigenvalue weighted by Crippen LogP contribution is 2.25. The van der Waals surface area contributed by atoms with Gasteiger partial charge >= 0.3 is 0 Å². The number of rotatable bonds is 8. The highest BCUT2D eigenvalue weighted by molar-refractivity contribution is 5.98. The van der Waals surface area contributed by atoms with Gasteiger partial charge in [0.25, 0.3) is 5.91 Å². The van der Waals surface area contributed by atoms with Gasteiger partial charge in [0.05, 0.1) is 0 Å². The molecule has 1 fully saturated rings. The maximum absolute atomic E-state index is 13.4. The quantitative estimate of drug-likeness (QED) is 0.524. The van der Waals surface area contributed by atoms with Gasteiger partial charge in [0.15, 0.2) is 0 Å². The molecule has 164 valence electrons. The number of aryl methyl sites for hydroxylation is 1. The second-order valence-electron chi connectivity index (χ2n) is 8.55. The highest BCUT2D eigenvalue weighted by atomic mass is 19.1. The Morgan fingerprint density at radius 3 is 2.74 bits per heavy atom. The topological polar surface area (TPSA) is 49.3 Å². The van der Waals surface area contributed by atoms with Crippen LogP contribution in [0.1, 0.15) is 54.2 Å². The standard InChI is InChI=1S/C25H31FN4O/c1-29(25(31)24-16-19-9-5-6-13-23(19)30(24)2)14-7-3-4-12-21-17-22(28-27-21)18-10-8-11-20(26)15-18/h5-6,8-11,13,15-16,21-22,27-28H,3-4,7,12,14,17H2,1-2H3. The van der Waals surface area contributed by atoms with Crippen LogP contribution in [-0.4, -0.2) is 35.0 Å². The maximum Gasteiger partial charge on any atom is 0.270 e. The van der Waals surface area contributed by atoms with Gasteiger partial charge in [-0.2, -0.15) is 0 Å². The third kappa shape index (κ3) is 4.97. The summed E-state index contributed by atoms with van der Waals surface area (Å²) in [7, 11) is 3.83. The number of para-hydroxylation sites is 1. The smallest absolute Gasteiger partial charge is 0.270 e. The molecule has 0 bridgehead atoms. The van der Waals surface area contributed by atoms with E-state index in [1.807, 2.05) is 60.0 Å². The van der Waals surface area contributed by atoms with E-state index in [0.717, 1.165) is 60.8 Å². The minimum Gasteiger partial charge on any atom is -0.340 e. The first-order valence-electron chi connectivity index (χ1n) is 11.1. The number of unbranched alkanes of at least 4 members (excludes halogenated alkanes) is 2. The van der Waals surface area contributed by atoms with Crippen molar-refractivity contribution < 1.29 is 9.18 Å². The van der Waals surface area contributed by atoms with E-state index in [-0.39, 0.29) is 17.8 Å². The summed E-state index contributed by atoms with van der Waals surface area (Å²) in [6.07, 6.45) is 5.20. The number of hydrogen-bond donors (Lipinski definition) is 2. The van der Waals surface area contributed by atoms with Crippen molar-refractivity contribution in [3.8, 4) is 0 Å². The van der Waals surface area contributed by atoms with Crippen molar-refractivity contribution in [1.82, 2.24) is 20.3 Å². The fourth-order valence-electron chi connectivity index (χ4n) is 4.46. The summed E-state index contributed by atoms with van der Waals surface area (Å²) in [5.41, 5.74) is 9.43. The summed E-state index contributed by atoms with van der Waals surface area (Å²) in [5, 5.41) is 1.09. The number of benzene rings is 2. The van der Waals surface area contributed by atoms with Crippen LogP contribution in [0.25, 0.3) is 10.9 Å². The third-order valence-corrected chi connectivity index (χ3v) is 6.30. The Morgan fingerprint density at radius 1 is 1.10 bits per heavy atom. The molecule has 1 saturated heterocycles. The molecule has 5 nitrogen and oxygen atoms in total. The minimum atomic E-state index is -0.190. The Morgan fingerprint density at radius 2 is 1.94 bits per heavy atom. The predicted molar refractivity (Wildman–Crippen MR) is 122 cm³/mol. The van der Waals surface area contributed by atoms with Gasteiger partial charge in [-0.1, -0.05) is 43.2 Å². The summed E-state index contributed by atoms with van der Waals surface area (Å²) < 4.78 is 15.4. The van der Waals surface area contributed by atoms with Crippen molar-refractivity contribution in [1.29, 1.82) is 0 Å². The van der Waals surface area contributed by atoms with Crippen LogP contribution in [0.2, 0.25) is 0 Å². The number of amides is 1. The molecule has 0 aliphatic carbocycles. The Hall–Kier alpha value is -2.70. The zero-order chi connectivity index (χ0) is 21.8. The molecule has 1 amide bonds. The second-order valence-corrected chi connectivity index (χ2v) is 8.55. The number of hydrogen-bond acceptors (Lipinski definition) is 3. The van der Waals surface area contributed by atoms with Crippen molar-refractivity contribution in [2.75, 3.05) is 13.6 Å². The molecule has 2 N–H and O–H groups in total. The van der Waals surface area contributed by atoms with E-state index in [1.165, 1.54) is 6.07 Å².